The van der Waals surface area contributed by atoms with Gasteiger partial charge in [-0.3, -0.25) is 0 Å². The van der Waals surface area contributed by atoms with Gasteiger partial charge in [0.25, 0.3) is 0 Å². The zero-order chi connectivity index (χ0) is 42.1. The zero-order valence-corrected chi connectivity index (χ0v) is 36.6. The molecule has 8 aromatic rings. The Morgan fingerprint density at radius 2 is 0.889 bits per heavy atom. The van der Waals surface area contributed by atoms with E-state index in [1.165, 1.54) is 116 Å². The van der Waals surface area contributed by atoms with Gasteiger partial charge in [-0.25, -0.2) is 0 Å². The van der Waals surface area contributed by atoms with Crippen molar-refractivity contribution in [2.75, 3.05) is 4.90 Å². The molecule has 0 aromatic heterocycles. The summed E-state index contributed by atoms with van der Waals surface area (Å²) in [5, 5.41) is 0. The van der Waals surface area contributed by atoms with Crippen molar-refractivity contribution in [1.82, 2.24) is 0 Å². The molecule has 4 atom stereocenters. The second kappa shape index (κ2) is 13.5. The SMILES string of the molecule is C[C@@H]1C[C@H]2CCC[C@@H](C1)C21c2ccccc2C2(c3ccccc3-c3ccccc32)c2cc(N(c3ccc4c(c3)C(C)(C)c3ccccc3-4)c3ccccc3-c3ccccc3)ccc21. The van der Waals surface area contributed by atoms with Crippen LogP contribution in [0.2, 0.25) is 0 Å². The Morgan fingerprint density at radius 1 is 0.413 bits per heavy atom. The lowest BCUT2D eigenvalue weighted by Gasteiger charge is -2.60. The van der Waals surface area contributed by atoms with Gasteiger partial charge in [0.15, 0.2) is 0 Å². The molecule has 0 N–H and O–H groups in total. The predicted octanol–water partition coefficient (Wildman–Crippen LogP) is 15.9. The monoisotopic (exact) mass is 811 g/mol. The van der Waals surface area contributed by atoms with E-state index >= 15 is 0 Å². The minimum Gasteiger partial charge on any atom is -0.310 e. The van der Waals surface area contributed by atoms with Crippen molar-refractivity contribution in [2.24, 2.45) is 17.8 Å². The molecule has 1 heteroatoms. The van der Waals surface area contributed by atoms with E-state index in [1.54, 1.807) is 11.1 Å². The zero-order valence-electron chi connectivity index (χ0n) is 36.6. The first-order valence-corrected chi connectivity index (χ1v) is 23.5. The van der Waals surface area contributed by atoms with Crippen molar-refractivity contribution in [2.45, 2.75) is 69.1 Å². The van der Waals surface area contributed by atoms with Gasteiger partial charge in [0.05, 0.1) is 11.1 Å². The van der Waals surface area contributed by atoms with Crippen LogP contribution in [0.15, 0.2) is 188 Å². The van der Waals surface area contributed by atoms with Gasteiger partial charge in [-0.1, -0.05) is 185 Å². The van der Waals surface area contributed by atoms with E-state index in [1.807, 2.05) is 0 Å². The summed E-state index contributed by atoms with van der Waals surface area (Å²) in [5.41, 5.74) is 22.5. The third-order valence-electron chi connectivity index (χ3n) is 16.7. The molecule has 2 bridgehead atoms. The first-order chi connectivity index (χ1) is 30.9. The first-order valence-electron chi connectivity index (χ1n) is 23.5. The highest BCUT2D eigenvalue weighted by molar-refractivity contribution is 5.93. The van der Waals surface area contributed by atoms with Gasteiger partial charge in [0.2, 0.25) is 0 Å². The summed E-state index contributed by atoms with van der Waals surface area (Å²) in [5.74, 6) is 1.95. The van der Waals surface area contributed by atoms with Crippen molar-refractivity contribution in [1.29, 1.82) is 0 Å². The highest BCUT2D eigenvalue weighted by Gasteiger charge is 2.62. The number of hydrogen-bond acceptors (Lipinski definition) is 1. The van der Waals surface area contributed by atoms with Crippen LogP contribution in [0.3, 0.4) is 0 Å². The fraction of sp³-hybridized carbons (Fsp3) is 0.226. The summed E-state index contributed by atoms with van der Waals surface area (Å²) >= 11 is 0. The summed E-state index contributed by atoms with van der Waals surface area (Å²) in [6, 6.07) is 72.7. The lowest BCUT2D eigenvalue weighted by Crippen LogP contribution is -2.55. The van der Waals surface area contributed by atoms with Crippen molar-refractivity contribution in [3.63, 3.8) is 0 Å². The van der Waals surface area contributed by atoms with E-state index in [-0.39, 0.29) is 10.8 Å². The van der Waals surface area contributed by atoms with Gasteiger partial charge in [0.1, 0.15) is 0 Å². The normalized spacial score (nSPS) is 22.4. The highest BCUT2D eigenvalue weighted by atomic mass is 15.1. The minimum absolute atomic E-state index is 0.0386. The van der Waals surface area contributed by atoms with Crippen molar-refractivity contribution >= 4 is 17.1 Å². The lowest BCUT2D eigenvalue weighted by molar-refractivity contribution is 0.0495. The Kier molecular flexibility index (Phi) is 7.98. The molecule has 2 spiro atoms. The summed E-state index contributed by atoms with van der Waals surface area (Å²) in [6.45, 7) is 7.33. The fourth-order valence-corrected chi connectivity index (χ4v) is 14.4. The Hall–Kier alpha value is -6.44. The number of anilines is 3. The maximum absolute atomic E-state index is 2.68. The lowest BCUT2D eigenvalue weighted by atomic mass is 9.42. The van der Waals surface area contributed by atoms with Crippen LogP contribution >= 0.6 is 0 Å². The number of benzene rings is 8. The summed E-state index contributed by atoms with van der Waals surface area (Å²) in [6.07, 6.45) is 6.49. The van der Waals surface area contributed by atoms with Crippen LogP contribution in [-0.2, 0) is 16.2 Å². The molecule has 0 radical (unpaired) electrons. The van der Waals surface area contributed by atoms with E-state index in [4.69, 9.17) is 0 Å². The molecule has 1 unspecified atom stereocenters. The molecule has 13 rings (SSSR count). The molecular weight excluding hydrogens is 759 g/mol. The van der Waals surface area contributed by atoms with Crippen molar-refractivity contribution < 1.29 is 0 Å². The van der Waals surface area contributed by atoms with Crippen LogP contribution in [-0.4, -0.2) is 0 Å². The van der Waals surface area contributed by atoms with Gasteiger partial charge in [-0.15, -0.1) is 0 Å². The van der Waals surface area contributed by atoms with Gasteiger partial charge >= 0.3 is 0 Å². The van der Waals surface area contributed by atoms with E-state index in [2.05, 4.69) is 214 Å². The van der Waals surface area contributed by atoms with Gasteiger partial charge < -0.3 is 4.90 Å². The molecule has 0 amide bonds. The topological polar surface area (TPSA) is 3.24 Å². The number of rotatable bonds is 4. The van der Waals surface area contributed by atoms with E-state index in [0.29, 0.717) is 11.8 Å². The minimum atomic E-state index is -0.468. The molecule has 2 saturated carbocycles. The molecule has 63 heavy (non-hydrogen) atoms. The van der Waals surface area contributed by atoms with Crippen LogP contribution in [0.4, 0.5) is 17.1 Å². The van der Waals surface area contributed by atoms with E-state index < -0.39 is 5.41 Å². The first kappa shape index (κ1) is 37.1. The second-order valence-corrected chi connectivity index (χ2v) is 20.0. The molecule has 1 nitrogen and oxygen atoms in total. The van der Waals surface area contributed by atoms with Crippen LogP contribution < -0.4 is 4.90 Å². The largest absolute Gasteiger partial charge is 0.310 e. The average molecular weight is 812 g/mol. The third-order valence-corrected chi connectivity index (χ3v) is 16.7. The molecule has 0 aliphatic heterocycles. The van der Waals surface area contributed by atoms with Gasteiger partial charge in [-0.05, 0) is 146 Å². The van der Waals surface area contributed by atoms with Crippen molar-refractivity contribution in [3.8, 4) is 33.4 Å². The van der Waals surface area contributed by atoms with E-state index in [0.717, 1.165) is 5.92 Å². The molecule has 8 aromatic carbocycles. The Bertz CT molecular complexity index is 3070. The Labute approximate surface area is 373 Å². The second-order valence-electron chi connectivity index (χ2n) is 20.0. The smallest absolute Gasteiger partial charge is 0.0720 e. The molecule has 0 saturated heterocycles. The number of para-hydroxylation sites is 1. The summed E-state index contributed by atoms with van der Waals surface area (Å²) < 4.78 is 0. The van der Waals surface area contributed by atoms with Crippen molar-refractivity contribution in [3.05, 3.63) is 233 Å². The number of hydrogen-bond donors (Lipinski definition) is 0. The van der Waals surface area contributed by atoms with Gasteiger partial charge in [0, 0.05) is 27.8 Å². The quantitative estimate of drug-likeness (QED) is 0.171. The molecule has 306 valence electrons. The van der Waals surface area contributed by atoms with Crippen LogP contribution in [0.25, 0.3) is 33.4 Å². The maximum Gasteiger partial charge on any atom is 0.0720 e. The molecule has 5 aliphatic rings. The van der Waals surface area contributed by atoms with E-state index in [9.17, 15) is 0 Å². The van der Waals surface area contributed by atoms with Crippen LogP contribution in [0.5, 0.6) is 0 Å². The highest BCUT2D eigenvalue weighted by Crippen LogP contribution is 2.69. The molecular formula is C62H53N. The van der Waals surface area contributed by atoms with Crippen LogP contribution in [0.1, 0.15) is 97.4 Å². The predicted molar refractivity (Wildman–Crippen MR) is 261 cm³/mol. The maximum atomic E-state index is 2.68. The molecule has 0 heterocycles. The Morgan fingerprint density at radius 3 is 1.56 bits per heavy atom. The summed E-state index contributed by atoms with van der Waals surface area (Å²) in [4.78, 5) is 2.60. The average Bonchev–Trinajstić information content (AvgIpc) is 3.74. The fourth-order valence-electron chi connectivity index (χ4n) is 14.4. The summed E-state index contributed by atoms with van der Waals surface area (Å²) in [7, 11) is 0. The molecule has 5 aliphatic carbocycles. The number of fused-ring (bicyclic) bond motifs is 12. The van der Waals surface area contributed by atoms with Gasteiger partial charge in [-0.2, -0.15) is 0 Å². The standard InChI is InChI=1S/C62H53N/c1-40-36-42-20-17-21-43(37-40)61(42)54-29-14-15-30-55(54)62(52-27-12-8-24-48(52)49-25-9-13-28-53(49)62)58-39-45(33-35-56(58)61)63(59-31-16-10-22-46(59)41-18-5-4-6-19-41)44-32-34-50-47-23-7-11-26-51(47)60(2,3)57(50)38-44/h4-16,18-19,22-35,38-40,42-43H,17,20-21,36-37H2,1-3H3/t40-,42-,43+,61?. The third kappa shape index (κ3) is 4.89. The van der Waals surface area contributed by atoms with Crippen LogP contribution in [0, 0.1) is 17.8 Å². The Balaban J connectivity index is 1.14. The number of nitrogens with zero attached hydrogens (tertiary/aromatic N) is 1. The molecule has 2 fully saturated rings.